The highest BCUT2D eigenvalue weighted by molar-refractivity contribution is 7.11. The maximum atomic E-state index is 14.4. The number of hydrogen-bond acceptors (Lipinski definition) is 4. The predicted molar refractivity (Wildman–Crippen MR) is 133 cm³/mol. The normalized spacial score (nSPS) is 10.9. The molecular formula is C27H30F2N2O3S. The molecule has 1 aromatic heterocycles. The van der Waals surface area contributed by atoms with Gasteiger partial charge in [-0.2, -0.15) is 0 Å². The molecule has 0 unspecified atom stereocenters. The predicted octanol–water partition coefficient (Wildman–Crippen LogP) is 5.43. The molecule has 0 bridgehead atoms. The molecular weight excluding hydrogens is 470 g/mol. The number of rotatable bonds is 12. The van der Waals surface area contributed by atoms with Gasteiger partial charge in [0.25, 0.3) is 5.91 Å². The molecule has 0 atom stereocenters. The van der Waals surface area contributed by atoms with E-state index in [4.69, 9.17) is 4.74 Å². The molecule has 0 fully saturated rings. The van der Waals surface area contributed by atoms with Crippen molar-refractivity contribution in [1.82, 2.24) is 9.80 Å². The number of carbonyl (C=O) groups is 2. The maximum Gasteiger partial charge on any atom is 0.257 e. The lowest BCUT2D eigenvalue weighted by atomic mass is 10.1. The van der Waals surface area contributed by atoms with Crippen LogP contribution in [0.3, 0.4) is 0 Å². The summed E-state index contributed by atoms with van der Waals surface area (Å²) in [6.45, 7) is 5.52. The summed E-state index contributed by atoms with van der Waals surface area (Å²) in [6.07, 6.45) is 0.517. The molecule has 186 valence electrons. The standard InChI is InChI=1S/C27H30F2N2O3S/c1-3-34-16-6-15-30(27(33)24-7-4-5-8-25(24)29)19-26(32)31(18-23-14-9-20(2)35-23)17-21-10-12-22(28)13-11-21/h4-5,7-14H,3,6,15-19H2,1-2H3. The topological polar surface area (TPSA) is 49.9 Å². The van der Waals surface area contributed by atoms with Gasteiger partial charge in [0.1, 0.15) is 18.2 Å². The summed E-state index contributed by atoms with van der Waals surface area (Å²) < 4.78 is 33.1. The number of halogens is 2. The Morgan fingerprint density at radius 3 is 2.34 bits per heavy atom. The average molecular weight is 501 g/mol. The van der Waals surface area contributed by atoms with Crippen LogP contribution in [0.5, 0.6) is 0 Å². The lowest BCUT2D eigenvalue weighted by molar-refractivity contribution is -0.133. The number of hydrogen-bond donors (Lipinski definition) is 0. The first kappa shape index (κ1) is 26.5. The van der Waals surface area contributed by atoms with Crippen LogP contribution in [0, 0.1) is 18.6 Å². The van der Waals surface area contributed by atoms with Gasteiger partial charge >= 0.3 is 0 Å². The zero-order valence-corrected chi connectivity index (χ0v) is 20.8. The van der Waals surface area contributed by atoms with Crippen molar-refractivity contribution in [3.8, 4) is 0 Å². The molecule has 5 nitrogen and oxygen atoms in total. The Labute approximate surface area is 208 Å². The van der Waals surface area contributed by atoms with Crippen LogP contribution >= 0.6 is 11.3 Å². The Balaban J connectivity index is 1.81. The van der Waals surface area contributed by atoms with Crippen molar-refractivity contribution in [3.05, 3.63) is 93.2 Å². The summed E-state index contributed by atoms with van der Waals surface area (Å²) in [7, 11) is 0. The molecule has 8 heteroatoms. The van der Waals surface area contributed by atoms with Crippen LogP contribution in [0.2, 0.25) is 0 Å². The molecule has 2 aromatic carbocycles. The molecule has 0 radical (unpaired) electrons. The van der Waals surface area contributed by atoms with E-state index >= 15 is 0 Å². The first-order valence-electron chi connectivity index (χ1n) is 11.6. The molecule has 3 aromatic rings. The van der Waals surface area contributed by atoms with Crippen molar-refractivity contribution >= 4 is 23.2 Å². The fourth-order valence-electron chi connectivity index (χ4n) is 3.62. The molecule has 0 aliphatic carbocycles. The average Bonchev–Trinajstić information content (AvgIpc) is 3.26. The van der Waals surface area contributed by atoms with Gasteiger partial charge in [0.05, 0.1) is 12.1 Å². The van der Waals surface area contributed by atoms with E-state index in [0.717, 1.165) is 15.3 Å². The Morgan fingerprint density at radius 1 is 0.943 bits per heavy atom. The summed E-state index contributed by atoms with van der Waals surface area (Å²) >= 11 is 1.59. The fraction of sp³-hybridized carbons (Fsp3) is 0.333. The van der Waals surface area contributed by atoms with E-state index in [1.165, 1.54) is 35.2 Å². The molecule has 1 heterocycles. The molecule has 2 amide bonds. The Kier molecular flexibility index (Phi) is 9.93. The van der Waals surface area contributed by atoms with Gasteiger partial charge in [0.2, 0.25) is 5.91 Å². The highest BCUT2D eigenvalue weighted by atomic mass is 32.1. The first-order valence-corrected chi connectivity index (χ1v) is 12.4. The van der Waals surface area contributed by atoms with Crippen LogP contribution in [0.4, 0.5) is 8.78 Å². The van der Waals surface area contributed by atoms with Gasteiger partial charge in [0, 0.05) is 36.1 Å². The van der Waals surface area contributed by atoms with Crippen LogP contribution in [-0.4, -0.2) is 47.9 Å². The van der Waals surface area contributed by atoms with E-state index in [0.29, 0.717) is 26.2 Å². The smallest absolute Gasteiger partial charge is 0.257 e. The number of benzene rings is 2. The van der Waals surface area contributed by atoms with E-state index in [-0.39, 0.29) is 36.9 Å². The minimum absolute atomic E-state index is 0.0734. The highest BCUT2D eigenvalue weighted by Gasteiger charge is 2.24. The minimum atomic E-state index is -0.628. The summed E-state index contributed by atoms with van der Waals surface area (Å²) in [6, 6.07) is 15.7. The fourth-order valence-corrected chi connectivity index (χ4v) is 4.53. The Bertz CT molecular complexity index is 1120. The number of ether oxygens (including phenoxy) is 1. The number of amides is 2. The van der Waals surface area contributed by atoms with Crippen molar-refractivity contribution < 1.29 is 23.1 Å². The third kappa shape index (κ3) is 7.97. The van der Waals surface area contributed by atoms with Gasteiger partial charge in [-0.1, -0.05) is 24.3 Å². The Morgan fingerprint density at radius 2 is 1.69 bits per heavy atom. The first-order chi connectivity index (χ1) is 16.9. The van der Waals surface area contributed by atoms with E-state index in [1.54, 1.807) is 34.4 Å². The summed E-state index contributed by atoms with van der Waals surface area (Å²) in [5.74, 6) is -1.79. The number of nitrogens with zero attached hydrogens (tertiary/aromatic N) is 2. The van der Waals surface area contributed by atoms with E-state index in [1.807, 2.05) is 26.0 Å². The zero-order chi connectivity index (χ0) is 25.2. The van der Waals surface area contributed by atoms with E-state index in [2.05, 4.69) is 0 Å². The largest absolute Gasteiger partial charge is 0.382 e. The second-order valence-corrected chi connectivity index (χ2v) is 9.52. The van der Waals surface area contributed by atoms with Crippen molar-refractivity contribution in [2.45, 2.75) is 33.4 Å². The number of aryl methyl sites for hydroxylation is 1. The van der Waals surface area contributed by atoms with Crippen LogP contribution in [0.25, 0.3) is 0 Å². The molecule has 0 aliphatic heterocycles. The van der Waals surface area contributed by atoms with Gasteiger partial charge in [0.15, 0.2) is 0 Å². The molecule has 0 saturated carbocycles. The van der Waals surface area contributed by atoms with Gasteiger partial charge in [-0.15, -0.1) is 11.3 Å². The molecule has 0 aliphatic rings. The third-order valence-electron chi connectivity index (χ3n) is 5.42. The highest BCUT2D eigenvalue weighted by Crippen LogP contribution is 2.20. The van der Waals surface area contributed by atoms with Crippen molar-refractivity contribution in [3.63, 3.8) is 0 Å². The summed E-state index contributed by atoms with van der Waals surface area (Å²) in [5, 5.41) is 0. The van der Waals surface area contributed by atoms with E-state index < -0.39 is 11.7 Å². The third-order valence-corrected chi connectivity index (χ3v) is 6.41. The number of thiophene rings is 1. The van der Waals surface area contributed by atoms with Gasteiger partial charge in [-0.05, 0) is 62.2 Å². The van der Waals surface area contributed by atoms with Gasteiger partial charge in [-0.3, -0.25) is 9.59 Å². The maximum absolute atomic E-state index is 14.4. The van der Waals surface area contributed by atoms with Crippen LogP contribution in [0.15, 0.2) is 60.7 Å². The lowest BCUT2D eigenvalue weighted by Gasteiger charge is -2.28. The van der Waals surface area contributed by atoms with Crippen LogP contribution in [0.1, 0.15) is 39.0 Å². The zero-order valence-electron chi connectivity index (χ0n) is 20.0. The van der Waals surface area contributed by atoms with Crippen molar-refractivity contribution in [1.29, 1.82) is 0 Å². The van der Waals surface area contributed by atoms with Gasteiger partial charge in [-0.25, -0.2) is 8.78 Å². The van der Waals surface area contributed by atoms with Crippen LogP contribution < -0.4 is 0 Å². The minimum Gasteiger partial charge on any atom is -0.382 e. The summed E-state index contributed by atoms with van der Waals surface area (Å²) in [5.41, 5.74) is 0.701. The molecule has 35 heavy (non-hydrogen) atoms. The molecule has 0 spiro atoms. The Hall–Kier alpha value is -3.10. The molecule has 3 rings (SSSR count). The summed E-state index contributed by atoms with van der Waals surface area (Å²) in [4.78, 5) is 31.8. The quantitative estimate of drug-likeness (QED) is 0.312. The van der Waals surface area contributed by atoms with Crippen molar-refractivity contribution in [2.75, 3.05) is 26.3 Å². The molecule has 0 saturated heterocycles. The number of carbonyl (C=O) groups excluding carboxylic acids is 2. The second-order valence-electron chi connectivity index (χ2n) is 8.15. The van der Waals surface area contributed by atoms with E-state index in [9.17, 15) is 18.4 Å². The molecule has 0 N–H and O–H groups in total. The SMILES string of the molecule is CCOCCCN(CC(=O)N(Cc1ccc(F)cc1)Cc1ccc(C)s1)C(=O)c1ccccc1F. The van der Waals surface area contributed by atoms with Crippen molar-refractivity contribution in [2.24, 2.45) is 0 Å². The van der Waals surface area contributed by atoms with Gasteiger partial charge < -0.3 is 14.5 Å². The van der Waals surface area contributed by atoms with Crippen LogP contribution in [-0.2, 0) is 22.6 Å². The lowest BCUT2D eigenvalue weighted by Crippen LogP contribution is -2.43. The second kappa shape index (κ2) is 13.1. The monoisotopic (exact) mass is 500 g/mol.